The van der Waals surface area contributed by atoms with E-state index in [1.54, 1.807) is 6.33 Å². The Bertz CT molecular complexity index is 496. The molecule has 0 atom stereocenters. The van der Waals surface area contributed by atoms with Gasteiger partial charge in [0.2, 0.25) is 0 Å². The van der Waals surface area contributed by atoms with Crippen molar-refractivity contribution in [2.24, 2.45) is 5.73 Å². The van der Waals surface area contributed by atoms with E-state index in [1.165, 1.54) is 0 Å². The molecule has 2 rings (SSSR count). The Kier molecular flexibility index (Phi) is 3.23. The van der Waals surface area contributed by atoms with E-state index in [0.717, 1.165) is 23.9 Å². The Labute approximate surface area is 100 Å². The highest BCUT2D eigenvalue weighted by Crippen LogP contribution is 2.20. The fraction of sp³-hybridized carbons (Fsp3) is 0.545. The standard InChI is InChI=1S/C11H18N6/c1-8(2)17-9(3)14-15-11(17)10-6-16(5-4-12)7-13-10/h6-8H,4-5,12H2,1-3H3. The van der Waals surface area contributed by atoms with Crippen molar-refractivity contribution in [1.82, 2.24) is 24.3 Å². The lowest BCUT2D eigenvalue weighted by Gasteiger charge is -2.10. The predicted molar refractivity (Wildman–Crippen MR) is 65.4 cm³/mol. The van der Waals surface area contributed by atoms with Crippen molar-refractivity contribution in [3.8, 4) is 11.5 Å². The van der Waals surface area contributed by atoms with Gasteiger partial charge < -0.3 is 14.9 Å². The molecule has 17 heavy (non-hydrogen) atoms. The maximum atomic E-state index is 5.51. The molecule has 2 aromatic rings. The molecule has 0 bridgehead atoms. The molecule has 2 N–H and O–H groups in total. The number of rotatable bonds is 4. The molecule has 2 aromatic heterocycles. The van der Waals surface area contributed by atoms with E-state index in [-0.39, 0.29) is 0 Å². The minimum atomic E-state index is 0.319. The second-order valence-electron chi connectivity index (χ2n) is 4.32. The van der Waals surface area contributed by atoms with Crippen LogP contribution in [-0.2, 0) is 6.54 Å². The van der Waals surface area contributed by atoms with Crippen LogP contribution in [0.2, 0.25) is 0 Å². The third-order valence-electron chi connectivity index (χ3n) is 2.63. The van der Waals surface area contributed by atoms with Gasteiger partial charge in [0.1, 0.15) is 11.5 Å². The van der Waals surface area contributed by atoms with E-state index >= 15 is 0 Å². The molecule has 0 saturated heterocycles. The first-order chi connectivity index (χ1) is 8.13. The molecule has 0 amide bonds. The number of nitrogens with two attached hydrogens (primary N) is 1. The molecular weight excluding hydrogens is 216 g/mol. The maximum absolute atomic E-state index is 5.51. The van der Waals surface area contributed by atoms with Crippen LogP contribution in [0.25, 0.3) is 11.5 Å². The Morgan fingerprint density at radius 1 is 1.35 bits per heavy atom. The molecule has 0 aliphatic carbocycles. The normalized spacial score (nSPS) is 11.4. The fourth-order valence-corrected chi connectivity index (χ4v) is 1.91. The third kappa shape index (κ3) is 2.21. The monoisotopic (exact) mass is 234 g/mol. The topological polar surface area (TPSA) is 74.6 Å². The second kappa shape index (κ2) is 4.67. The predicted octanol–water partition coefficient (Wildman–Crippen LogP) is 0.990. The summed E-state index contributed by atoms with van der Waals surface area (Å²) in [5.74, 6) is 1.72. The summed E-state index contributed by atoms with van der Waals surface area (Å²) in [4.78, 5) is 4.35. The summed E-state index contributed by atoms with van der Waals surface area (Å²) < 4.78 is 4.04. The van der Waals surface area contributed by atoms with Gasteiger partial charge in [-0.05, 0) is 20.8 Å². The highest BCUT2D eigenvalue weighted by molar-refractivity contribution is 5.48. The summed E-state index contributed by atoms with van der Waals surface area (Å²) in [6.45, 7) is 7.54. The Balaban J connectivity index is 2.38. The zero-order valence-corrected chi connectivity index (χ0v) is 10.5. The molecule has 6 heteroatoms. The van der Waals surface area contributed by atoms with Crippen molar-refractivity contribution < 1.29 is 0 Å². The molecular formula is C11H18N6. The smallest absolute Gasteiger partial charge is 0.184 e. The third-order valence-corrected chi connectivity index (χ3v) is 2.63. The molecule has 0 spiro atoms. The Morgan fingerprint density at radius 2 is 2.12 bits per heavy atom. The summed E-state index contributed by atoms with van der Waals surface area (Å²) in [6.07, 6.45) is 3.73. The molecule has 0 unspecified atom stereocenters. The Morgan fingerprint density at radius 3 is 2.76 bits per heavy atom. The van der Waals surface area contributed by atoms with E-state index in [4.69, 9.17) is 5.73 Å². The highest BCUT2D eigenvalue weighted by atomic mass is 15.3. The average Bonchev–Trinajstić information content (AvgIpc) is 2.84. The van der Waals surface area contributed by atoms with E-state index in [0.29, 0.717) is 12.6 Å². The van der Waals surface area contributed by atoms with Gasteiger partial charge in [-0.3, -0.25) is 0 Å². The second-order valence-corrected chi connectivity index (χ2v) is 4.32. The first-order valence-corrected chi connectivity index (χ1v) is 5.77. The van der Waals surface area contributed by atoms with Crippen molar-refractivity contribution in [2.45, 2.75) is 33.4 Å². The van der Waals surface area contributed by atoms with Crippen LogP contribution in [-0.4, -0.2) is 30.9 Å². The van der Waals surface area contributed by atoms with Gasteiger partial charge in [-0.1, -0.05) is 0 Å². The van der Waals surface area contributed by atoms with Crippen LogP contribution in [0.5, 0.6) is 0 Å². The summed E-state index contributed by atoms with van der Waals surface area (Å²) in [5, 5.41) is 8.30. The van der Waals surface area contributed by atoms with Gasteiger partial charge in [0.25, 0.3) is 0 Å². The average molecular weight is 234 g/mol. The molecule has 0 aliphatic rings. The minimum Gasteiger partial charge on any atom is -0.335 e. The highest BCUT2D eigenvalue weighted by Gasteiger charge is 2.15. The maximum Gasteiger partial charge on any atom is 0.184 e. The molecule has 0 fully saturated rings. The van der Waals surface area contributed by atoms with Gasteiger partial charge in [0, 0.05) is 25.3 Å². The first kappa shape index (κ1) is 11.8. The van der Waals surface area contributed by atoms with Crippen LogP contribution in [0.1, 0.15) is 25.7 Å². The van der Waals surface area contributed by atoms with Crippen molar-refractivity contribution in [3.63, 3.8) is 0 Å². The summed E-state index contributed by atoms with van der Waals surface area (Å²) in [5.41, 5.74) is 6.35. The summed E-state index contributed by atoms with van der Waals surface area (Å²) in [6, 6.07) is 0.319. The molecule has 2 heterocycles. The van der Waals surface area contributed by atoms with Crippen LogP contribution >= 0.6 is 0 Å². The quantitative estimate of drug-likeness (QED) is 0.856. The lowest BCUT2D eigenvalue weighted by Crippen LogP contribution is -2.08. The molecule has 92 valence electrons. The van der Waals surface area contributed by atoms with Gasteiger partial charge in [0.15, 0.2) is 5.82 Å². The zero-order valence-electron chi connectivity index (χ0n) is 10.5. The lowest BCUT2D eigenvalue weighted by molar-refractivity contribution is 0.587. The first-order valence-electron chi connectivity index (χ1n) is 5.77. The number of nitrogens with zero attached hydrogens (tertiary/aromatic N) is 5. The van der Waals surface area contributed by atoms with Gasteiger partial charge in [0.05, 0.1) is 6.33 Å². The van der Waals surface area contributed by atoms with Gasteiger partial charge in [-0.15, -0.1) is 10.2 Å². The van der Waals surface area contributed by atoms with E-state index in [2.05, 4.69) is 33.6 Å². The number of imidazole rings is 1. The number of hydrogen-bond donors (Lipinski definition) is 1. The zero-order chi connectivity index (χ0) is 12.4. The van der Waals surface area contributed by atoms with E-state index in [1.807, 2.05) is 17.7 Å². The van der Waals surface area contributed by atoms with Crippen molar-refractivity contribution in [1.29, 1.82) is 0 Å². The largest absolute Gasteiger partial charge is 0.335 e. The molecule has 0 aliphatic heterocycles. The summed E-state index contributed by atoms with van der Waals surface area (Å²) >= 11 is 0. The van der Waals surface area contributed by atoms with Crippen molar-refractivity contribution in [3.05, 3.63) is 18.3 Å². The number of hydrogen-bond acceptors (Lipinski definition) is 4. The molecule has 6 nitrogen and oxygen atoms in total. The minimum absolute atomic E-state index is 0.319. The van der Waals surface area contributed by atoms with Gasteiger partial charge in [-0.25, -0.2) is 4.98 Å². The fourth-order valence-electron chi connectivity index (χ4n) is 1.91. The SMILES string of the molecule is Cc1nnc(-c2cn(CCN)cn2)n1C(C)C. The van der Waals surface area contributed by atoms with Crippen LogP contribution < -0.4 is 5.73 Å². The lowest BCUT2D eigenvalue weighted by atomic mass is 10.3. The van der Waals surface area contributed by atoms with E-state index < -0.39 is 0 Å². The summed E-state index contributed by atoms with van der Waals surface area (Å²) in [7, 11) is 0. The molecule has 0 saturated carbocycles. The van der Waals surface area contributed by atoms with E-state index in [9.17, 15) is 0 Å². The van der Waals surface area contributed by atoms with Crippen LogP contribution in [0.4, 0.5) is 0 Å². The van der Waals surface area contributed by atoms with Gasteiger partial charge >= 0.3 is 0 Å². The number of aryl methyl sites for hydroxylation is 1. The molecule has 0 aromatic carbocycles. The van der Waals surface area contributed by atoms with Gasteiger partial charge in [-0.2, -0.15) is 0 Å². The van der Waals surface area contributed by atoms with Crippen LogP contribution in [0.15, 0.2) is 12.5 Å². The number of aromatic nitrogens is 5. The van der Waals surface area contributed by atoms with Crippen molar-refractivity contribution in [2.75, 3.05) is 6.54 Å². The Hall–Kier alpha value is -1.69. The molecule has 0 radical (unpaired) electrons. The van der Waals surface area contributed by atoms with Crippen molar-refractivity contribution >= 4 is 0 Å². The van der Waals surface area contributed by atoms with Crippen LogP contribution in [0.3, 0.4) is 0 Å². The van der Waals surface area contributed by atoms with Crippen LogP contribution in [0, 0.1) is 6.92 Å².